The molecule has 3 aliphatic rings. The van der Waals surface area contributed by atoms with E-state index in [0.29, 0.717) is 27.9 Å². The van der Waals surface area contributed by atoms with Crippen molar-refractivity contribution in [2.75, 3.05) is 44.2 Å². The van der Waals surface area contributed by atoms with Crippen molar-refractivity contribution in [1.29, 1.82) is 0 Å². The monoisotopic (exact) mass is 530 g/mol. The highest BCUT2D eigenvalue weighted by atomic mass is 32.2. The van der Waals surface area contributed by atoms with Crippen molar-refractivity contribution in [3.63, 3.8) is 0 Å². The number of thioether (sulfide) groups is 1. The molecule has 0 aliphatic carbocycles. The van der Waals surface area contributed by atoms with Crippen LogP contribution in [-0.4, -0.2) is 76.2 Å². The fourth-order valence-electron chi connectivity index (χ4n) is 5.38. The first-order valence-corrected chi connectivity index (χ1v) is 14.1. The van der Waals surface area contributed by atoms with E-state index in [1.165, 1.54) is 18.1 Å². The number of aromatic nitrogens is 2. The van der Waals surface area contributed by atoms with Gasteiger partial charge in [-0.1, -0.05) is 12.1 Å². The van der Waals surface area contributed by atoms with E-state index in [1.54, 1.807) is 6.07 Å². The number of benzene rings is 2. The first-order valence-electron chi connectivity index (χ1n) is 13.3. The van der Waals surface area contributed by atoms with Gasteiger partial charge in [-0.05, 0) is 74.4 Å². The van der Waals surface area contributed by atoms with Gasteiger partial charge in [0.1, 0.15) is 12.1 Å². The molecule has 0 atom stereocenters. The summed E-state index contributed by atoms with van der Waals surface area (Å²) in [6.07, 6.45) is 5.66. The van der Waals surface area contributed by atoms with Crippen LogP contribution in [0.1, 0.15) is 32.3 Å². The average Bonchev–Trinajstić information content (AvgIpc) is 3.59. The van der Waals surface area contributed by atoms with Crippen molar-refractivity contribution in [3.05, 3.63) is 59.0 Å². The van der Waals surface area contributed by atoms with E-state index in [9.17, 15) is 4.79 Å². The number of anilines is 1. The molecule has 196 valence electrons. The molecule has 1 aromatic heterocycles. The molecule has 9 heteroatoms. The third-order valence-corrected chi connectivity index (χ3v) is 8.59. The Morgan fingerprint density at radius 2 is 1.74 bits per heavy atom. The number of halogens is 1. The lowest BCUT2D eigenvalue weighted by molar-refractivity contribution is -0.113. The van der Waals surface area contributed by atoms with Gasteiger partial charge in [-0.15, -0.1) is 0 Å². The second-order valence-electron chi connectivity index (χ2n) is 10.3. The van der Waals surface area contributed by atoms with Crippen LogP contribution in [0.2, 0.25) is 0 Å². The summed E-state index contributed by atoms with van der Waals surface area (Å²) >= 11 is 1.43. The molecule has 0 N–H and O–H groups in total. The van der Waals surface area contributed by atoms with Crippen molar-refractivity contribution in [3.8, 4) is 11.3 Å². The van der Waals surface area contributed by atoms with Crippen molar-refractivity contribution in [2.45, 2.75) is 32.7 Å². The lowest BCUT2D eigenvalue weighted by atomic mass is 10.0. The number of hydrogen-bond donors (Lipinski definition) is 0. The van der Waals surface area contributed by atoms with Gasteiger partial charge in [0.05, 0.1) is 21.8 Å². The summed E-state index contributed by atoms with van der Waals surface area (Å²) in [5, 5.41) is 1.61. The number of amidine groups is 1. The van der Waals surface area contributed by atoms with Gasteiger partial charge >= 0.3 is 0 Å². The molecule has 0 radical (unpaired) electrons. The summed E-state index contributed by atoms with van der Waals surface area (Å²) in [7, 11) is 0. The predicted octanol–water partition coefficient (Wildman–Crippen LogP) is 5.03. The van der Waals surface area contributed by atoms with Gasteiger partial charge in [-0.2, -0.15) is 4.99 Å². The Labute approximate surface area is 226 Å². The SMILES string of the molecule is CC(C)N1CCN(c2ccc(-c3ncnc4ccc(C=C5SC(N6CCCC6)=NC5=O)cc34)cc2F)CC1. The van der Waals surface area contributed by atoms with Crippen molar-refractivity contribution in [1.82, 2.24) is 19.8 Å². The highest BCUT2D eigenvalue weighted by Gasteiger charge is 2.27. The van der Waals surface area contributed by atoms with E-state index in [1.807, 2.05) is 36.4 Å². The molecule has 7 nitrogen and oxygen atoms in total. The zero-order chi connectivity index (χ0) is 26.2. The van der Waals surface area contributed by atoms with E-state index in [-0.39, 0.29) is 11.7 Å². The Hall–Kier alpha value is -3.30. The zero-order valence-corrected chi connectivity index (χ0v) is 22.5. The summed E-state index contributed by atoms with van der Waals surface area (Å²) in [5.41, 5.74) is 3.64. The van der Waals surface area contributed by atoms with E-state index >= 15 is 4.39 Å². The molecule has 4 heterocycles. The second kappa shape index (κ2) is 10.5. The molecule has 3 aliphatic heterocycles. The number of carbonyl (C=O) groups is 1. The molecule has 3 aromatic rings. The molecule has 2 fully saturated rings. The van der Waals surface area contributed by atoms with Gasteiger partial charge in [-0.25, -0.2) is 14.4 Å². The average molecular weight is 531 g/mol. The van der Waals surface area contributed by atoms with Crippen LogP contribution in [0.15, 0.2) is 52.6 Å². The van der Waals surface area contributed by atoms with Crippen LogP contribution >= 0.6 is 11.8 Å². The van der Waals surface area contributed by atoms with Gasteiger partial charge in [0.15, 0.2) is 5.17 Å². The summed E-state index contributed by atoms with van der Waals surface area (Å²) in [5.74, 6) is -0.446. The first kappa shape index (κ1) is 25.0. The number of likely N-dealkylation sites (tertiary alicyclic amines) is 1. The van der Waals surface area contributed by atoms with E-state index < -0.39 is 0 Å². The number of rotatable bonds is 4. The maximum Gasteiger partial charge on any atom is 0.286 e. The zero-order valence-electron chi connectivity index (χ0n) is 21.7. The van der Waals surface area contributed by atoms with Gasteiger partial charge in [-0.3, -0.25) is 9.69 Å². The molecule has 6 rings (SSSR count). The van der Waals surface area contributed by atoms with Crippen molar-refractivity contribution >= 4 is 45.5 Å². The van der Waals surface area contributed by atoms with Crippen LogP contribution in [0.3, 0.4) is 0 Å². The van der Waals surface area contributed by atoms with Gasteiger partial charge in [0.25, 0.3) is 5.91 Å². The number of aliphatic imine (C=N–C) groups is 1. The third-order valence-electron chi connectivity index (χ3n) is 7.55. The lowest BCUT2D eigenvalue weighted by Crippen LogP contribution is -2.49. The number of carbonyl (C=O) groups excluding carboxylic acids is 1. The third kappa shape index (κ3) is 4.92. The molecule has 2 saturated heterocycles. The van der Waals surface area contributed by atoms with Crippen LogP contribution in [0.5, 0.6) is 0 Å². The number of piperazine rings is 1. The summed E-state index contributed by atoms with van der Waals surface area (Å²) < 4.78 is 15.4. The maximum atomic E-state index is 15.4. The van der Waals surface area contributed by atoms with Crippen LogP contribution < -0.4 is 4.90 Å². The van der Waals surface area contributed by atoms with Crippen LogP contribution in [0.25, 0.3) is 28.2 Å². The summed E-state index contributed by atoms with van der Waals surface area (Å²) in [6, 6.07) is 11.7. The van der Waals surface area contributed by atoms with Crippen LogP contribution in [0, 0.1) is 5.82 Å². The fourth-order valence-corrected chi connectivity index (χ4v) is 6.34. The molecule has 2 aromatic carbocycles. The Balaban J connectivity index is 1.26. The topological polar surface area (TPSA) is 64.9 Å². The van der Waals surface area contributed by atoms with E-state index in [0.717, 1.165) is 73.7 Å². The molecule has 38 heavy (non-hydrogen) atoms. The Kier molecular flexibility index (Phi) is 6.88. The number of hydrogen-bond acceptors (Lipinski definition) is 7. The number of nitrogens with zero attached hydrogens (tertiary/aromatic N) is 6. The highest BCUT2D eigenvalue weighted by molar-refractivity contribution is 8.18. The Bertz CT molecular complexity index is 1440. The Morgan fingerprint density at radius 3 is 2.47 bits per heavy atom. The predicted molar refractivity (Wildman–Crippen MR) is 153 cm³/mol. The molecule has 0 spiro atoms. The standard InChI is InChI=1S/C29H31FN6OS/c1-19(2)34-11-13-35(14-12-34)25-8-6-21(17-23(25)30)27-22-15-20(5-7-24(22)31-18-32-27)16-26-28(37)33-29(38-26)36-9-3-4-10-36/h5-8,15-19H,3-4,9-14H2,1-2H3. The minimum Gasteiger partial charge on any atom is -0.367 e. The first-order chi connectivity index (χ1) is 18.5. The molecule has 0 unspecified atom stereocenters. The van der Waals surface area contributed by atoms with Crippen molar-refractivity contribution in [2.24, 2.45) is 4.99 Å². The van der Waals surface area contributed by atoms with Crippen molar-refractivity contribution < 1.29 is 9.18 Å². The van der Waals surface area contributed by atoms with E-state index in [2.05, 4.69) is 43.5 Å². The normalized spacial score (nSPS) is 19.8. The smallest absolute Gasteiger partial charge is 0.286 e. The quantitative estimate of drug-likeness (QED) is 0.438. The minimum atomic E-state index is -0.245. The van der Waals surface area contributed by atoms with Gasteiger partial charge in [0.2, 0.25) is 0 Å². The Morgan fingerprint density at radius 1 is 0.947 bits per heavy atom. The fraction of sp³-hybridized carbons (Fsp3) is 0.379. The second-order valence-corrected chi connectivity index (χ2v) is 11.3. The summed E-state index contributed by atoms with van der Waals surface area (Å²) in [4.78, 5) is 33.1. The largest absolute Gasteiger partial charge is 0.367 e. The lowest BCUT2D eigenvalue weighted by Gasteiger charge is -2.38. The van der Waals surface area contributed by atoms with Gasteiger partial charge < -0.3 is 9.80 Å². The van der Waals surface area contributed by atoms with Gasteiger partial charge in [0, 0.05) is 56.3 Å². The molecular weight excluding hydrogens is 499 g/mol. The molecule has 0 bridgehead atoms. The van der Waals surface area contributed by atoms with Crippen LogP contribution in [0.4, 0.5) is 10.1 Å². The molecule has 1 amide bonds. The molecule has 0 saturated carbocycles. The highest BCUT2D eigenvalue weighted by Crippen LogP contribution is 2.34. The maximum absolute atomic E-state index is 15.4. The number of amides is 1. The molecular formula is C29H31FN6OS. The number of fused-ring (bicyclic) bond motifs is 1. The van der Waals surface area contributed by atoms with Crippen LogP contribution in [-0.2, 0) is 4.79 Å². The minimum absolute atomic E-state index is 0.201. The summed E-state index contributed by atoms with van der Waals surface area (Å²) in [6.45, 7) is 9.77. The van der Waals surface area contributed by atoms with E-state index in [4.69, 9.17) is 0 Å².